The highest BCUT2D eigenvalue weighted by Gasteiger charge is 2.08. The van der Waals surface area contributed by atoms with Gasteiger partial charge in [0.1, 0.15) is 0 Å². The first kappa shape index (κ1) is 20.7. The van der Waals surface area contributed by atoms with Crippen LogP contribution >= 0.6 is 0 Å². The van der Waals surface area contributed by atoms with Crippen molar-refractivity contribution in [3.8, 4) is 11.5 Å². The molecule has 0 radical (unpaired) electrons. The smallest absolute Gasteiger partial charge is 0.238 e. The van der Waals surface area contributed by atoms with Gasteiger partial charge in [0.15, 0.2) is 11.5 Å². The van der Waals surface area contributed by atoms with Gasteiger partial charge in [0.2, 0.25) is 10.0 Å². The minimum atomic E-state index is -3.68. The van der Waals surface area contributed by atoms with Gasteiger partial charge in [0.05, 0.1) is 18.6 Å². The van der Waals surface area contributed by atoms with Crippen molar-refractivity contribution in [2.45, 2.75) is 17.9 Å². The average molecular weight is 413 g/mol. The van der Waals surface area contributed by atoms with Crippen molar-refractivity contribution in [2.24, 2.45) is 5.14 Å². The standard InChI is InChI=1S/C22H24N2O4S/c1-27-22-15-18(16-24-19-8-10-20(11-9-19)29(23,25)26)7-12-21(22)28-14-13-17-5-3-2-4-6-17/h2-12,15,24H,13-14,16H2,1H3,(H2,23,25,26). The monoisotopic (exact) mass is 412 g/mol. The molecule has 0 saturated carbocycles. The van der Waals surface area contributed by atoms with Gasteiger partial charge >= 0.3 is 0 Å². The zero-order chi connectivity index (χ0) is 20.7. The predicted octanol–water partition coefficient (Wildman–Crippen LogP) is 3.58. The Morgan fingerprint density at radius 2 is 1.62 bits per heavy atom. The van der Waals surface area contributed by atoms with Crippen molar-refractivity contribution in [1.29, 1.82) is 0 Å². The second-order valence-electron chi connectivity index (χ2n) is 6.49. The Hall–Kier alpha value is -3.03. The summed E-state index contributed by atoms with van der Waals surface area (Å²) < 4.78 is 34.0. The summed E-state index contributed by atoms with van der Waals surface area (Å²) in [5, 5.41) is 8.35. The van der Waals surface area contributed by atoms with E-state index in [1.807, 2.05) is 36.4 Å². The van der Waals surface area contributed by atoms with E-state index >= 15 is 0 Å². The molecule has 3 aromatic rings. The highest BCUT2D eigenvalue weighted by molar-refractivity contribution is 7.89. The molecule has 0 aliphatic heterocycles. The highest BCUT2D eigenvalue weighted by atomic mass is 32.2. The van der Waals surface area contributed by atoms with Crippen LogP contribution in [0, 0.1) is 0 Å². The summed E-state index contributed by atoms with van der Waals surface area (Å²) in [4.78, 5) is 0.0849. The molecule has 29 heavy (non-hydrogen) atoms. The fraction of sp³-hybridized carbons (Fsp3) is 0.182. The van der Waals surface area contributed by atoms with Crippen LogP contribution in [-0.4, -0.2) is 22.1 Å². The van der Waals surface area contributed by atoms with E-state index in [2.05, 4.69) is 17.4 Å². The molecule has 0 saturated heterocycles. The second-order valence-corrected chi connectivity index (χ2v) is 8.05. The molecule has 0 aliphatic rings. The second kappa shape index (κ2) is 9.45. The normalized spacial score (nSPS) is 11.1. The number of anilines is 1. The van der Waals surface area contributed by atoms with Crippen molar-refractivity contribution in [2.75, 3.05) is 19.0 Å². The molecule has 0 aliphatic carbocycles. The average Bonchev–Trinajstić information content (AvgIpc) is 2.73. The number of nitrogens with one attached hydrogen (secondary N) is 1. The minimum Gasteiger partial charge on any atom is -0.493 e. The number of methoxy groups -OCH3 is 1. The van der Waals surface area contributed by atoms with Crippen LogP contribution in [0.3, 0.4) is 0 Å². The predicted molar refractivity (Wildman–Crippen MR) is 114 cm³/mol. The Kier molecular flexibility index (Phi) is 6.74. The Bertz CT molecular complexity index is 1040. The maximum Gasteiger partial charge on any atom is 0.238 e. The van der Waals surface area contributed by atoms with Gasteiger partial charge in [-0.25, -0.2) is 13.6 Å². The van der Waals surface area contributed by atoms with Crippen LogP contribution in [0.15, 0.2) is 77.7 Å². The summed E-state index contributed by atoms with van der Waals surface area (Å²) in [6.45, 7) is 1.11. The molecule has 0 heterocycles. The molecule has 0 amide bonds. The van der Waals surface area contributed by atoms with Gasteiger partial charge < -0.3 is 14.8 Å². The number of nitrogens with two attached hydrogens (primary N) is 1. The molecule has 152 valence electrons. The topological polar surface area (TPSA) is 90.6 Å². The van der Waals surface area contributed by atoms with Crippen LogP contribution in [0.25, 0.3) is 0 Å². The lowest BCUT2D eigenvalue weighted by Gasteiger charge is -2.13. The summed E-state index contributed by atoms with van der Waals surface area (Å²) in [6, 6.07) is 22.3. The minimum absolute atomic E-state index is 0.0849. The lowest BCUT2D eigenvalue weighted by molar-refractivity contribution is 0.297. The summed E-state index contributed by atoms with van der Waals surface area (Å²) in [7, 11) is -2.07. The molecule has 7 heteroatoms. The van der Waals surface area contributed by atoms with E-state index in [4.69, 9.17) is 14.6 Å². The molecule has 0 aromatic heterocycles. The molecule has 3 N–H and O–H groups in total. The van der Waals surface area contributed by atoms with Crippen LogP contribution in [0.1, 0.15) is 11.1 Å². The van der Waals surface area contributed by atoms with Crippen molar-refractivity contribution in [3.05, 3.63) is 83.9 Å². The van der Waals surface area contributed by atoms with E-state index in [1.165, 1.54) is 17.7 Å². The lowest BCUT2D eigenvalue weighted by atomic mass is 10.1. The Morgan fingerprint density at radius 1 is 0.897 bits per heavy atom. The maximum atomic E-state index is 11.3. The van der Waals surface area contributed by atoms with Crippen LogP contribution < -0.4 is 19.9 Å². The zero-order valence-electron chi connectivity index (χ0n) is 16.2. The van der Waals surface area contributed by atoms with Gasteiger partial charge in [-0.15, -0.1) is 0 Å². The third kappa shape index (κ3) is 5.97. The number of rotatable bonds is 9. The molecule has 0 atom stereocenters. The van der Waals surface area contributed by atoms with E-state index in [0.29, 0.717) is 24.7 Å². The molecule has 0 fully saturated rings. The Labute approximate surface area is 171 Å². The maximum absolute atomic E-state index is 11.3. The third-order valence-electron chi connectivity index (χ3n) is 4.40. The van der Waals surface area contributed by atoms with Gasteiger partial charge in [0, 0.05) is 18.7 Å². The van der Waals surface area contributed by atoms with Gasteiger partial charge in [-0.2, -0.15) is 0 Å². The molecular formula is C22H24N2O4S. The SMILES string of the molecule is COc1cc(CNc2ccc(S(N)(=O)=O)cc2)ccc1OCCc1ccccc1. The van der Waals surface area contributed by atoms with Gasteiger partial charge in [-0.05, 0) is 47.5 Å². The van der Waals surface area contributed by atoms with E-state index < -0.39 is 10.0 Å². The van der Waals surface area contributed by atoms with Crippen molar-refractivity contribution in [3.63, 3.8) is 0 Å². The fourth-order valence-corrected chi connectivity index (χ4v) is 3.35. The molecule has 0 unspecified atom stereocenters. The van der Waals surface area contributed by atoms with E-state index in [9.17, 15) is 8.42 Å². The first-order chi connectivity index (χ1) is 14.0. The summed E-state index contributed by atoms with van der Waals surface area (Å²) in [5.74, 6) is 1.37. The van der Waals surface area contributed by atoms with Crippen LogP contribution in [0.4, 0.5) is 5.69 Å². The van der Waals surface area contributed by atoms with E-state index in [0.717, 1.165) is 17.7 Å². The number of sulfonamides is 1. The first-order valence-corrected chi connectivity index (χ1v) is 10.7. The molecule has 3 aromatic carbocycles. The lowest BCUT2D eigenvalue weighted by Crippen LogP contribution is -2.12. The first-order valence-electron chi connectivity index (χ1n) is 9.16. The van der Waals surface area contributed by atoms with Gasteiger partial charge in [-0.3, -0.25) is 0 Å². The molecule has 0 bridgehead atoms. The third-order valence-corrected chi connectivity index (χ3v) is 5.33. The van der Waals surface area contributed by atoms with Crippen LogP contribution in [-0.2, 0) is 23.0 Å². The number of hydrogen-bond donors (Lipinski definition) is 2. The Morgan fingerprint density at radius 3 is 2.28 bits per heavy atom. The summed E-state index contributed by atoms with van der Waals surface area (Å²) in [5.41, 5.74) is 3.02. The van der Waals surface area contributed by atoms with Crippen molar-refractivity contribution in [1.82, 2.24) is 0 Å². The number of primary sulfonamides is 1. The Balaban J connectivity index is 1.58. The zero-order valence-corrected chi connectivity index (χ0v) is 17.0. The largest absolute Gasteiger partial charge is 0.493 e. The molecule has 6 nitrogen and oxygen atoms in total. The van der Waals surface area contributed by atoms with Crippen molar-refractivity contribution < 1.29 is 17.9 Å². The van der Waals surface area contributed by atoms with E-state index in [-0.39, 0.29) is 4.90 Å². The number of benzene rings is 3. The quantitative estimate of drug-likeness (QED) is 0.561. The fourth-order valence-electron chi connectivity index (χ4n) is 2.83. The molecule has 0 spiro atoms. The van der Waals surface area contributed by atoms with Crippen molar-refractivity contribution >= 4 is 15.7 Å². The van der Waals surface area contributed by atoms with Crippen LogP contribution in [0.2, 0.25) is 0 Å². The van der Waals surface area contributed by atoms with Crippen LogP contribution in [0.5, 0.6) is 11.5 Å². The summed E-state index contributed by atoms with van der Waals surface area (Å²) in [6.07, 6.45) is 0.821. The van der Waals surface area contributed by atoms with Gasteiger partial charge in [0.25, 0.3) is 0 Å². The number of hydrogen-bond acceptors (Lipinski definition) is 5. The number of ether oxygens (including phenoxy) is 2. The molecule has 3 rings (SSSR count). The van der Waals surface area contributed by atoms with Gasteiger partial charge in [-0.1, -0.05) is 36.4 Å². The summed E-state index contributed by atoms with van der Waals surface area (Å²) >= 11 is 0. The molecular weight excluding hydrogens is 388 g/mol. The highest BCUT2D eigenvalue weighted by Crippen LogP contribution is 2.28. The van der Waals surface area contributed by atoms with E-state index in [1.54, 1.807) is 19.2 Å².